The molecule has 30 heavy (non-hydrogen) atoms. The van der Waals surface area contributed by atoms with Crippen LogP contribution in [0.3, 0.4) is 0 Å². The number of carbonyl (C=O) groups is 1. The zero-order valence-electron chi connectivity index (χ0n) is 15.9. The van der Waals surface area contributed by atoms with Gasteiger partial charge in [0.05, 0.1) is 5.75 Å². The fraction of sp³-hybridized carbons (Fsp3) is 0.0417. The fourth-order valence-corrected chi connectivity index (χ4v) is 5.13. The van der Waals surface area contributed by atoms with Crippen LogP contribution in [0.25, 0.3) is 31.4 Å². The van der Waals surface area contributed by atoms with Crippen LogP contribution < -0.4 is 5.32 Å². The van der Waals surface area contributed by atoms with Gasteiger partial charge in [-0.1, -0.05) is 72.4 Å². The summed E-state index contributed by atoms with van der Waals surface area (Å²) >= 11 is 3.07. The summed E-state index contributed by atoms with van der Waals surface area (Å²) in [5.74, 6) is 0.232. The van der Waals surface area contributed by atoms with Crippen LogP contribution in [0.2, 0.25) is 0 Å². The summed E-state index contributed by atoms with van der Waals surface area (Å²) in [6, 6.07) is 26.4. The highest BCUT2D eigenvalue weighted by Crippen LogP contribution is 2.36. The number of nitrogens with one attached hydrogen (secondary N) is 1. The molecule has 0 aliphatic heterocycles. The average Bonchev–Trinajstić information content (AvgIpc) is 3.23. The highest BCUT2D eigenvalue weighted by atomic mass is 32.2. The van der Waals surface area contributed by atoms with Gasteiger partial charge in [0.15, 0.2) is 0 Å². The molecule has 5 rings (SSSR count). The zero-order chi connectivity index (χ0) is 20.3. The maximum atomic E-state index is 12.5. The molecule has 0 aliphatic carbocycles. The molecule has 1 amide bonds. The molecule has 5 aromatic rings. The normalized spacial score (nSPS) is 11.1. The van der Waals surface area contributed by atoms with Crippen LogP contribution in [-0.4, -0.2) is 21.6 Å². The van der Waals surface area contributed by atoms with Gasteiger partial charge < -0.3 is 5.32 Å². The number of thiophene rings is 1. The lowest BCUT2D eigenvalue weighted by atomic mass is 10.1. The topological polar surface area (TPSA) is 54.9 Å². The number of anilines is 1. The molecular formula is C24H17N3OS2. The monoisotopic (exact) mass is 427 g/mol. The Morgan fingerprint density at radius 3 is 2.57 bits per heavy atom. The van der Waals surface area contributed by atoms with E-state index in [0.29, 0.717) is 0 Å². The summed E-state index contributed by atoms with van der Waals surface area (Å²) in [5, 5.41) is 7.06. The molecule has 2 heterocycles. The van der Waals surface area contributed by atoms with Crippen molar-refractivity contribution < 1.29 is 4.79 Å². The molecule has 1 N–H and O–H groups in total. The van der Waals surface area contributed by atoms with E-state index >= 15 is 0 Å². The number of amides is 1. The lowest BCUT2D eigenvalue weighted by molar-refractivity contribution is -0.113. The first kappa shape index (κ1) is 18.8. The van der Waals surface area contributed by atoms with E-state index in [1.807, 2.05) is 54.6 Å². The Morgan fingerprint density at radius 1 is 0.900 bits per heavy atom. The van der Waals surface area contributed by atoms with Crippen molar-refractivity contribution in [2.75, 3.05) is 11.1 Å². The summed E-state index contributed by atoms with van der Waals surface area (Å²) in [4.78, 5) is 23.4. The highest BCUT2D eigenvalue weighted by Gasteiger charge is 2.12. The summed E-state index contributed by atoms with van der Waals surface area (Å²) in [5.41, 5.74) is 1.96. The first-order valence-electron chi connectivity index (χ1n) is 9.48. The van der Waals surface area contributed by atoms with Gasteiger partial charge in [-0.3, -0.25) is 4.79 Å². The third-order valence-electron chi connectivity index (χ3n) is 4.72. The Kier molecular flexibility index (Phi) is 5.17. The molecule has 0 aliphatic rings. The number of thioether (sulfide) groups is 1. The minimum absolute atomic E-state index is 0.0550. The largest absolute Gasteiger partial charge is 0.325 e. The molecule has 6 heteroatoms. The van der Waals surface area contributed by atoms with Crippen LogP contribution in [0.4, 0.5) is 5.69 Å². The van der Waals surface area contributed by atoms with Crippen molar-refractivity contribution in [3.05, 3.63) is 85.2 Å². The van der Waals surface area contributed by atoms with Crippen molar-refractivity contribution in [1.29, 1.82) is 0 Å². The quantitative estimate of drug-likeness (QED) is 0.266. The smallest absolute Gasteiger partial charge is 0.234 e. The van der Waals surface area contributed by atoms with Gasteiger partial charge in [-0.2, -0.15) is 0 Å². The van der Waals surface area contributed by atoms with E-state index < -0.39 is 0 Å². The zero-order valence-corrected chi connectivity index (χ0v) is 17.5. The molecule has 0 atom stereocenters. The highest BCUT2D eigenvalue weighted by molar-refractivity contribution is 8.00. The third kappa shape index (κ3) is 3.92. The lowest BCUT2D eigenvalue weighted by Crippen LogP contribution is -2.14. The van der Waals surface area contributed by atoms with Crippen molar-refractivity contribution in [2.24, 2.45) is 0 Å². The molecule has 146 valence electrons. The molecule has 0 fully saturated rings. The Morgan fingerprint density at radius 2 is 1.70 bits per heavy atom. The predicted molar refractivity (Wildman–Crippen MR) is 126 cm³/mol. The summed E-state index contributed by atoms with van der Waals surface area (Å²) in [6.45, 7) is 0. The number of fused-ring (bicyclic) bond motifs is 2. The number of hydrogen-bond acceptors (Lipinski definition) is 5. The van der Waals surface area contributed by atoms with E-state index in [2.05, 4.69) is 39.6 Å². The number of benzene rings is 3. The van der Waals surface area contributed by atoms with Crippen LogP contribution in [0.15, 0.2) is 90.2 Å². The Labute approximate surface area is 182 Å². The molecule has 0 unspecified atom stereocenters. The Hall–Kier alpha value is -3.22. The van der Waals surface area contributed by atoms with E-state index in [9.17, 15) is 4.79 Å². The van der Waals surface area contributed by atoms with Gasteiger partial charge in [-0.15, -0.1) is 11.3 Å². The second-order valence-corrected chi connectivity index (χ2v) is 8.77. The van der Waals surface area contributed by atoms with Crippen LogP contribution in [0.1, 0.15) is 0 Å². The van der Waals surface area contributed by atoms with Gasteiger partial charge >= 0.3 is 0 Å². The molecule has 0 bridgehead atoms. The molecule has 0 saturated carbocycles. The van der Waals surface area contributed by atoms with Gasteiger partial charge in [0, 0.05) is 16.0 Å². The number of rotatable bonds is 5. The molecular weight excluding hydrogens is 410 g/mol. The van der Waals surface area contributed by atoms with Crippen LogP contribution >= 0.6 is 23.1 Å². The Bertz CT molecular complexity index is 1350. The second-order valence-electron chi connectivity index (χ2n) is 6.77. The number of carbonyl (C=O) groups excluding carboxylic acids is 1. The van der Waals surface area contributed by atoms with E-state index in [-0.39, 0.29) is 11.7 Å². The summed E-state index contributed by atoms with van der Waals surface area (Å²) in [6.07, 6.45) is 1.57. The van der Waals surface area contributed by atoms with E-state index in [1.54, 1.807) is 17.7 Å². The minimum atomic E-state index is -0.0550. The molecule has 2 aromatic heterocycles. The van der Waals surface area contributed by atoms with Gasteiger partial charge in [0.25, 0.3) is 0 Å². The van der Waals surface area contributed by atoms with E-state index in [1.165, 1.54) is 11.8 Å². The SMILES string of the molecule is O=C(CSc1ncnc2sc(-c3ccccc3)cc12)Nc1ccc2ccccc2c1. The van der Waals surface area contributed by atoms with Gasteiger partial charge in [0.2, 0.25) is 5.91 Å². The van der Waals surface area contributed by atoms with Crippen molar-refractivity contribution in [2.45, 2.75) is 5.03 Å². The van der Waals surface area contributed by atoms with Gasteiger partial charge in [-0.05, 0) is 34.5 Å². The van der Waals surface area contributed by atoms with Crippen LogP contribution in [-0.2, 0) is 4.79 Å². The maximum Gasteiger partial charge on any atom is 0.234 e. The van der Waals surface area contributed by atoms with Crippen molar-refractivity contribution in [3.8, 4) is 10.4 Å². The molecule has 3 aromatic carbocycles. The van der Waals surface area contributed by atoms with Crippen molar-refractivity contribution in [1.82, 2.24) is 9.97 Å². The van der Waals surface area contributed by atoms with E-state index in [0.717, 1.165) is 42.1 Å². The second kappa shape index (κ2) is 8.26. The van der Waals surface area contributed by atoms with Crippen molar-refractivity contribution >= 4 is 55.7 Å². The molecule has 0 saturated heterocycles. The van der Waals surface area contributed by atoms with Gasteiger partial charge in [-0.25, -0.2) is 9.97 Å². The molecule has 4 nitrogen and oxygen atoms in total. The number of hydrogen-bond donors (Lipinski definition) is 1. The molecule has 0 spiro atoms. The first-order valence-corrected chi connectivity index (χ1v) is 11.3. The van der Waals surface area contributed by atoms with Gasteiger partial charge in [0.1, 0.15) is 16.2 Å². The van der Waals surface area contributed by atoms with Crippen LogP contribution in [0, 0.1) is 0 Å². The number of aromatic nitrogens is 2. The lowest BCUT2D eigenvalue weighted by Gasteiger charge is -2.07. The van der Waals surface area contributed by atoms with E-state index in [4.69, 9.17) is 0 Å². The summed E-state index contributed by atoms with van der Waals surface area (Å²) in [7, 11) is 0. The first-order chi connectivity index (χ1) is 14.8. The fourth-order valence-electron chi connectivity index (χ4n) is 3.29. The summed E-state index contributed by atoms with van der Waals surface area (Å²) < 4.78 is 0. The average molecular weight is 428 g/mol. The minimum Gasteiger partial charge on any atom is -0.325 e. The molecule has 0 radical (unpaired) electrons. The van der Waals surface area contributed by atoms with Crippen molar-refractivity contribution in [3.63, 3.8) is 0 Å². The number of nitrogens with zero attached hydrogens (tertiary/aromatic N) is 2. The van der Waals surface area contributed by atoms with Crippen LogP contribution in [0.5, 0.6) is 0 Å². The third-order valence-corrected chi connectivity index (χ3v) is 6.82. The standard InChI is InChI=1S/C24H17N3OS2/c28-22(27-19-11-10-16-6-4-5-9-18(16)12-19)14-29-23-20-13-21(17-7-2-1-3-8-17)30-24(20)26-15-25-23/h1-13,15H,14H2,(H,27,28). The maximum absolute atomic E-state index is 12.5. The Balaban J connectivity index is 1.31. The predicted octanol–water partition coefficient (Wildman–Crippen LogP) is 6.24.